The second kappa shape index (κ2) is 6.68. The van der Waals surface area contributed by atoms with Gasteiger partial charge in [0.2, 0.25) is 0 Å². The second-order valence-electron chi connectivity index (χ2n) is 5.87. The average Bonchev–Trinajstić information content (AvgIpc) is 2.89. The lowest BCUT2D eigenvalue weighted by Crippen LogP contribution is -2.24. The maximum atomic E-state index is 12.5. The van der Waals surface area contributed by atoms with Crippen LogP contribution in [0.25, 0.3) is 10.9 Å². The van der Waals surface area contributed by atoms with Crippen molar-refractivity contribution in [3.05, 3.63) is 59.3 Å². The number of carbonyl (C=O) groups is 2. The number of nitrogens with one attached hydrogen (secondary N) is 4. The molecule has 0 aliphatic heterocycles. The van der Waals surface area contributed by atoms with Crippen LogP contribution in [0.2, 0.25) is 0 Å². The molecule has 4 N–H and O–H groups in total. The number of amides is 3. The van der Waals surface area contributed by atoms with E-state index in [1.165, 1.54) is 0 Å². The zero-order valence-electron chi connectivity index (χ0n) is 14.4. The van der Waals surface area contributed by atoms with Crippen LogP contribution < -0.4 is 16.0 Å². The first-order valence-electron chi connectivity index (χ1n) is 7.97. The first-order valence-corrected chi connectivity index (χ1v) is 7.97. The standard InChI is InChI=1S/C19H20N4O2/c1-11-12(2)21-17-8-7-13(9-16(11)17)18(24)22-14-5-4-6-15(10-14)23-19(25)20-3/h4-10,21H,1-3H3,(H,22,24)(H2,20,23,25). The van der Waals surface area contributed by atoms with Crippen molar-refractivity contribution in [1.82, 2.24) is 10.3 Å². The zero-order chi connectivity index (χ0) is 18.0. The number of carbonyl (C=O) groups excluding carboxylic acids is 2. The fourth-order valence-electron chi connectivity index (χ4n) is 2.67. The highest BCUT2D eigenvalue weighted by atomic mass is 16.2. The number of anilines is 2. The van der Waals surface area contributed by atoms with E-state index in [4.69, 9.17) is 0 Å². The Hall–Kier alpha value is -3.28. The molecule has 0 saturated carbocycles. The predicted molar refractivity (Wildman–Crippen MR) is 100 cm³/mol. The van der Waals surface area contributed by atoms with E-state index in [2.05, 4.69) is 20.9 Å². The average molecular weight is 336 g/mol. The number of hydrogen-bond acceptors (Lipinski definition) is 2. The van der Waals surface area contributed by atoms with Crippen LogP contribution in [0, 0.1) is 13.8 Å². The fourth-order valence-corrected chi connectivity index (χ4v) is 2.67. The molecule has 3 amide bonds. The SMILES string of the molecule is CNC(=O)Nc1cccc(NC(=O)c2ccc3[nH]c(C)c(C)c3c2)c1. The fraction of sp³-hybridized carbons (Fsp3) is 0.158. The van der Waals surface area contributed by atoms with Crippen LogP contribution >= 0.6 is 0 Å². The summed E-state index contributed by atoms with van der Waals surface area (Å²) in [5, 5.41) is 9.06. The molecule has 0 radical (unpaired) electrons. The molecule has 128 valence electrons. The summed E-state index contributed by atoms with van der Waals surface area (Å²) >= 11 is 0. The molecule has 6 heteroatoms. The molecule has 0 atom stereocenters. The molecule has 1 aromatic heterocycles. The van der Waals surface area contributed by atoms with E-state index in [1.54, 1.807) is 37.4 Å². The van der Waals surface area contributed by atoms with Crippen molar-refractivity contribution in [1.29, 1.82) is 0 Å². The predicted octanol–water partition coefficient (Wildman–Crippen LogP) is 3.79. The highest BCUT2D eigenvalue weighted by Gasteiger charge is 2.11. The molecule has 1 heterocycles. The maximum Gasteiger partial charge on any atom is 0.318 e. The van der Waals surface area contributed by atoms with Crippen molar-refractivity contribution >= 4 is 34.2 Å². The second-order valence-corrected chi connectivity index (χ2v) is 5.87. The molecule has 0 aliphatic carbocycles. The van der Waals surface area contributed by atoms with E-state index in [-0.39, 0.29) is 11.9 Å². The van der Waals surface area contributed by atoms with E-state index in [1.807, 2.05) is 26.0 Å². The Morgan fingerprint density at radius 1 is 0.960 bits per heavy atom. The van der Waals surface area contributed by atoms with Gasteiger partial charge in [0.25, 0.3) is 5.91 Å². The summed E-state index contributed by atoms with van der Waals surface area (Å²) < 4.78 is 0. The van der Waals surface area contributed by atoms with Gasteiger partial charge in [-0.1, -0.05) is 6.07 Å². The van der Waals surface area contributed by atoms with Crippen molar-refractivity contribution in [2.24, 2.45) is 0 Å². The van der Waals surface area contributed by atoms with E-state index in [0.717, 1.165) is 22.2 Å². The van der Waals surface area contributed by atoms with Crippen LogP contribution in [-0.4, -0.2) is 24.0 Å². The molecule has 0 spiro atoms. The van der Waals surface area contributed by atoms with Crippen LogP contribution in [0.15, 0.2) is 42.5 Å². The van der Waals surface area contributed by atoms with Gasteiger partial charge in [0.1, 0.15) is 0 Å². The molecular weight excluding hydrogens is 316 g/mol. The summed E-state index contributed by atoms with van der Waals surface area (Å²) in [6.07, 6.45) is 0. The molecule has 2 aromatic carbocycles. The number of hydrogen-bond donors (Lipinski definition) is 4. The molecule has 0 unspecified atom stereocenters. The van der Waals surface area contributed by atoms with Crippen LogP contribution in [0.3, 0.4) is 0 Å². The Balaban J connectivity index is 1.81. The van der Waals surface area contributed by atoms with Gasteiger partial charge in [-0.25, -0.2) is 4.79 Å². The minimum Gasteiger partial charge on any atom is -0.358 e. The quantitative estimate of drug-likeness (QED) is 0.586. The Morgan fingerprint density at radius 2 is 1.68 bits per heavy atom. The van der Waals surface area contributed by atoms with Gasteiger partial charge in [0.15, 0.2) is 0 Å². The number of fused-ring (bicyclic) bond motifs is 1. The Bertz CT molecular complexity index is 959. The van der Waals surface area contributed by atoms with Crippen LogP contribution in [-0.2, 0) is 0 Å². The Kier molecular flexibility index (Phi) is 4.43. The number of aryl methyl sites for hydroxylation is 2. The molecule has 3 rings (SSSR count). The van der Waals surface area contributed by atoms with Crippen molar-refractivity contribution in [2.45, 2.75) is 13.8 Å². The minimum atomic E-state index is -0.313. The molecule has 25 heavy (non-hydrogen) atoms. The van der Waals surface area contributed by atoms with Gasteiger partial charge in [-0.05, 0) is 55.8 Å². The summed E-state index contributed by atoms with van der Waals surface area (Å²) in [6, 6.07) is 12.3. The van der Waals surface area contributed by atoms with Crippen molar-refractivity contribution in [3.63, 3.8) is 0 Å². The lowest BCUT2D eigenvalue weighted by atomic mass is 10.1. The molecular formula is C19H20N4O2. The smallest absolute Gasteiger partial charge is 0.318 e. The largest absolute Gasteiger partial charge is 0.358 e. The van der Waals surface area contributed by atoms with E-state index >= 15 is 0 Å². The lowest BCUT2D eigenvalue weighted by molar-refractivity contribution is 0.102. The Morgan fingerprint density at radius 3 is 2.40 bits per heavy atom. The minimum absolute atomic E-state index is 0.197. The summed E-state index contributed by atoms with van der Waals surface area (Å²) in [7, 11) is 1.54. The monoisotopic (exact) mass is 336 g/mol. The first kappa shape index (κ1) is 16.6. The van der Waals surface area contributed by atoms with E-state index in [9.17, 15) is 9.59 Å². The molecule has 3 aromatic rings. The third-order valence-electron chi connectivity index (χ3n) is 4.18. The lowest BCUT2D eigenvalue weighted by Gasteiger charge is -2.09. The van der Waals surface area contributed by atoms with Crippen molar-refractivity contribution < 1.29 is 9.59 Å². The third-order valence-corrected chi connectivity index (χ3v) is 4.18. The van der Waals surface area contributed by atoms with Gasteiger partial charge < -0.3 is 20.9 Å². The summed E-state index contributed by atoms with van der Waals surface area (Å²) in [6.45, 7) is 4.05. The summed E-state index contributed by atoms with van der Waals surface area (Å²) in [5.41, 5.74) is 5.05. The van der Waals surface area contributed by atoms with Gasteiger partial charge in [0, 0.05) is 40.6 Å². The normalized spacial score (nSPS) is 10.5. The van der Waals surface area contributed by atoms with Gasteiger partial charge in [-0.15, -0.1) is 0 Å². The number of rotatable bonds is 3. The molecule has 6 nitrogen and oxygen atoms in total. The summed E-state index contributed by atoms with van der Waals surface area (Å²) in [4.78, 5) is 27.2. The number of H-pyrrole nitrogens is 1. The van der Waals surface area contributed by atoms with Crippen molar-refractivity contribution in [3.8, 4) is 0 Å². The zero-order valence-corrected chi connectivity index (χ0v) is 14.4. The number of aromatic amines is 1. The third kappa shape index (κ3) is 3.47. The highest BCUT2D eigenvalue weighted by molar-refractivity contribution is 6.07. The highest BCUT2D eigenvalue weighted by Crippen LogP contribution is 2.23. The van der Waals surface area contributed by atoms with Gasteiger partial charge in [-0.2, -0.15) is 0 Å². The van der Waals surface area contributed by atoms with Gasteiger partial charge in [0.05, 0.1) is 0 Å². The maximum absolute atomic E-state index is 12.5. The van der Waals surface area contributed by atoms with Gasteiger partial charge >= 0.3 is 6.03 Å². The number of benzene rings is 2. The number of urea groups is 1. The van der Waals surface area contributed by atoms with E-state index in [0.29, 0.717) is 16.9 Å². The van der Waals surface area contributed by atoms with Crippen LogP contribution in [0.4, 0.5) is 16.2 Å². The van der Waals surface area contributed by atoms with Crippen LogP contribution in [0.5, 0.6) is 0 Å². The molecule has 0 saturated heterocycles. The van der Waals surface area contributed by atoms with E-state index < -0.39 is 0 Å². The number of aromatic nitrogens is 1. The van der Waals surface area contributed by atoms with Crippen molar-refractivity contribution in [2.75, 3.05) is 17.7 Å². The first-order chi connectivity index (χ1) is 12.0. The van der Waals surface area contributed by atoms with Gasteiger partial charge in [-0.3, -0.25) is 4.79 Å². The topological polar surface area (TPSA) is 86.0 Å². The molecule has 0 fully saturated rings. The van der Waals surface area contributed by atoms with Crippen LogP contribution in [0.1, 0.15) is 21.6 Å². The summed E-state index contributed by atoms with van der Waals surface area (Å²) in [5.74, 6) is -0.197. The molecule has 0 aliphatic rings. The molecule has 0 bridgehead atoms. The Labute approximate surface area is 145 Å².